The van der Waals surface area contributed by atoms with Gasteiger partial charge in [-0.2, -0.15) is 0 Å². The van der Waals surface area contributed by atoms with Gasteiger partial charge < -0.3 is 16.8 Å². The summed E-state index contributed by atoms with van der Waals surface area (Å²) in [5.74, 6) is -0.984. The molecule has 7 nitrogen and oxygen atoms in total. The van der Waals surface area contributed by atoms with Gasteiger partial charge in [-0.1, -0.05) is 28.1 Å². The molecule has 1 aromatic rings. The van der Waals surface area contributed by atoms with Crippen molar-refractivity contribution in [1.29, 1.82) is 0 Å². The van der Waals surface area contributed by atoms with Gasteiger partial charge >= 0.3 is 6.03 Å². The molecule has 0 aromatic heterocycles. The Balaban J connectivity index is 0.00000441. The number of imide groups is 1. The van der Waals surface area contributed by atoms with Crippen LogP contribution in [-0.2, 0) is 15.1 Å². The van der Waals surface area contributed by atoms with Crippen LogP contribution in [0.1, 0.15) is 18.9 Å². The van der Waals surface area contributed by atoms with Gasteiger partial charge in [0.15, 0.2) is 0 Å². The number of hydrogen-bond acceptors (Lipinski definition) is 4. The molecule has 1 rings (SSSR count). The molecule has 0 saturated carbocycles. The summed E-state index contributed by atoms with van der Waals surface area (Å²) in [7, 11) is 0. The maximum Gasteiger partial charge on any atom is 0.318 e. The van der Waals surface area contributed by atoms with E-state index >= 15 is 0 Å². The van der Waals surface area contributed by atoms with Gasteiger partial charge in [0.2, 0.25) is 11.8 Å². The second kappa shape index (κ2) is 8.72. The third kappa shape index (κ3) is 6.00. The number of halogens is 2. The fraction of sp³-hybridized carbons (Fsp3) is 0.308. The van der Waals surface area contributed by atoms with Gasteiger partial charge in [0, 0.05) is 17.4 Å². The zero-order valence-electron chi connectivity index (χ0n) is 11.9. The van der Waals surface area contributed by atoms with Crippen LogP contribution in [0.5, 0.6) is 0 Å². The summed E-state index contributed by atoms with van der Waals surface area (Å²) in [6.45, 7) is 1.64. The lowest BCUT2D eigenvalue weighted by Gasteiger charge is -2.24. The number of primary amides is 1. The van der Waals surface area contributed by atoms with Crippen LogP contribution in [0.15, 0.2) is 28.7 Å². The number of amides is 4. The highest BCUT2D eigenvalue weighted by atomic mass is 79.9. The average molecular weight is 394 g/mol. The van der Waals surface area contributed by atoms with E-state index in [1.807, 2.05) is 5.32 Å². The van der Waals surface area contributed by atoms with E-state index in [2.05, 4.69) is 21.2 Å². The first-order valence-corrected chi connectivity index (χ1v) is 6.95. The second-order valence-electron chi connectivity index (χ2n) is 4.63. The van der Waals surface area contributed by atoms with E-state index in [4.69, 9.17) is 11.5 Å². The smallest absolute Gasteiger partial charge is 0.318 e. The van der Waals surface area contributed by atoms with E-state index in [0.717, 1.165) is 4.47 Å². The van der Waals surface area contributed by atoms with Crippen molar-refractivity contribution in [2.75, 3.05) is 6.54 Å². The molecule has 1 unspecified atom stereocenters. The van der Waals surface area contributed by atoms with E-state index in [9.17, 15) is 14.4 Å². The number of rotatable bonds is 5. The molecule has 1 aromatic carbocycles. The van der Waals surface area contributed by atoms with Crippen molar-refractivity contribution < 1.29 is 14.4 Å². The van der Waals surface area contributed by atoms with E-state index < -0.39 is 23.4 Å². The fourth-order valence-corrected chi connectivity index (χ4v) is 1.86. The Morgan fingerprint density at radius 3 is 2.27 bits per heavy atom. The Kier molecular flexibility index (Phi) is 8.07. The molecule has 0 radical (unpaired) electrons. The number of benzene rings is 1. The van der Waals surface area contributed by atoms with Crippen LogP contribution < -0.4 is 22.1 Å². The highest BCUT2D eigenvalue weighted by Crippen LogP contribution is 2.20. The molecule has 22 heavy (non-hydrogen) atoms. The minimum atomic E-state index is -1.22. The molecule has 6 N–H and O–H groups in total. The zero-order chi connectivity index (χ0) is 16.0. The Morgan fingerprint density at radius 2 is 1.77 bits per heavy atom. The van der Waals surface area contributed by atoms with Gasteiger partial charge in [0.05, 0.1) is 0 Å². The van der Waals surface area contributed by atoms with Crippen LogP contribution in [-0.4, -0.2) is 24.4 Å². The highest BCUT2D eigenvalue weighted by Gasteiger charge is 2.30. The Bertz CT molecular complexity index is 549. The SMILES string of the molecule is CC(N)(C(=O)NCCC(=O)NC(N)=O)c1ccc(Br)cc1.Cl. The molecule has 0 aliphatic heterocycles. The molecule has 0 heterocycles. The molecular weight excluding hydrogens is 376 g/mol. The van der Waals surface area contributed by atoms with Gasteiger partial charge in [-0.15, -0.1) is 12.4 Å². The lowest BCUT2D eigenvalue weighted by atomic mass is 9.92. The van der Waals surface area contributed by atoms with Gasteiger partial charge in [-0.25, -0.2) is 4.79 Å². The van der Waals surface area contributed by atoms with E-state index in [1.165, 1.54) is 0 Å². The van der Waals surface area contributed by atoms with Crippen LogP contribution in [0.25, 0.3) is 0 Å². The lowest BCUT2D eigenvalue weighted by molar-refractivity contribution is -0.126. The van der Waals surface area contributed by atoms with Crippen molar-refractivity contribution in [1.82, 2.24) is 10.6 Å². The maximum atomic E-state index is 12.1. The van der Waals surface area contributed by atoms with Gasteiger partial charge in [0.25, 0.3) is 0 Å². The predicted octanol–water partition coefficient (Wildman–Crippen LogP) is 0.746. The second-order valence-corrected chi connectivity index (χ2v) is 5.54. The van der Waals surface area contributed by atoms with Crippen molar-refractivity contribution in [3.05, 3.63) is 34.3 Å². The van der Waals surface area contributed by atoms with Crippen molar-refractivity contribution in [2.24, 2.45) is 11.5 Å². The van der Waals surface area contributed by atoms with Crippen LogP contribution in [0.3, 0.4) is 0 Å². The minimum absolute atomic E-state index is 0. The minimum Gasteiger partial charge on any atom is -0.354 e. The summed E-state index contributed by atoms with van der Waals surface area (Å²) in [5, 5.41) is 4.46. The number of nitrogens with one attached hydrogen (secondary N) is 2. The van der Waals surface area contributed by atoms with Crippen molar-refractivity contribution in [2.45, 2.75) is 18.9 Å². The highest BCUT2D eigenvalue weighted by molar-refractivity contribution is 9.10. The third-order valence-electron chi connectivity index (χ3n) is 2.82. The topological polar surface area (TPSA) is 127 Å². The molecule has 4 amide bonds. The van der Waals surface area contributed by atoms with Gasteiger partial charge in [0.1, 0.15) is 5.54 Å². The summed E-state index contributed by atoms with van der Waals surface area (Å²) in [6.07, 6.45) is -0.0644. The molecule has 0 aliphatic carbocycles. The largest absolute Gasteiger partial charge is 0.354 e. The van der Waals surface area contributed by atoms with Crippen LogP contribution >= 0.6 is 28.3 Å². The quantitative estimate of drug-likeness (QED) is 0.588. The molecule has 1 atom stereocenters. The average Bonchev–Trinajstić information content (AvgIpc) is 2.38. The normalized spacial score (nSPS) is 12.5. The summed E-state index contributed by atoms with van der Waals surface area (Å²) < 4.78 is 0.880. The number of urea groups is 1. The predicted molar refractivity (Wildman–Crippen MR) is 88.3 cm³/mol. The van der Waals surface area contributed by atoms with Crippen LogP contribution in [0.4, 0.5) is 4.79 Å². The number of carbonyl (C=O) groups excluding carboxylic acids is 3. The molecular formula is C13H18BrClN4O3. The summed E-state index contributed by atoms with van der Waals surface area (Å²) in [5.41, 5.74) is 10.2. The monoisotopic (exact) mass is 392 g/mol. The zero-order valence-corrected chi connectivity index (χ0v) is 14.3. The van der Waals surface area contributed by atoms with Gasteiger partial charge in [-0.05, 0) is 24.6 Å². The standard InChI is InChI=1S/C13H17BrN4O3.ClH/c1-13(16,8-2-4-9(14)5-3-8)11(20)17-7-6-10(19)18-12(15)21;/h2-5H,6-7,16H2,1H3,(H,17,20)(H3,15,18,19,21);1H. The molecule has 9 heteroatoms. The molecule has 0 spiro atoms. The number of nitrogens with two attached hydrogens (primary N) is 2. The first-order chi connectivity index (χ1) is 9.73. The fourth-order valence-electron chi connectivity index (χ4n) is 1.60. The Morgan fingerprint density at radius 1 is 1.23 bits per heavy atom. The van der Waals surface area contributed by atoms with E-state index in [1.54, 1.807) is 31.2 Å². The van der Waals surface area contributed by atoms with E-state index in [0.29, 0.717) is 5.56 Å². The molecule has 0 bridgehead atoms. The first kappa shape index (κ1) is 20.4. The lowest BCUT2D eigenvalue weighted by Crippen LogP contribution is -2.49. The summed E-state index contributed by atoms with van der Waals surface area (Å²) in [6, 6.07) is 6.12. The summed E-state index contributed by atoms with van der Waals surface area (Å²) >= 11 is 3.30. The van der Waals surface area contributed by atoms with Crippen molar-refractivity contribution >= 4 is 46.2 Å². The molecule has 0 aliphatic rings. The first-order valence-electron chi connectivity index (χ1n) is 6.16. The van der Waals surface area contributed by atoms with Crippen molar-refractivity contribution in [3.63, 3.8) is 0 Å². The number of hydrogen-bond donors (Lipinski definition) is 4. The number of carbonyl (C=O) groups is 3. The molecule has 122 valence electrons. The van der Waals surface area contributed by atoms with Crippen LogP contribution in [0.2, 0.25) is 0 Å². The van der Waals surface area contributed by atoms with Crippen molar-refractivity contribution in [3.8, 4) is 0 Å². The summed E-state index contributed by atoms with van der Waals surface area (Å²) in [4.78, 5) is 33.7. The van der Waals surface area contributed by atoms with Crippen LogP contribution in [0, 0.1) is 0 Å². The Hall–Kier alpha value is -1.64. The van der Waals surface area contributed by atoms with E-state index in [-0.39, 0.29) is 25.4 Å². The maximum absolute atomic E-state index is 12.1. The molecule has 0 saturated heterocycles. The Labute approximate surface area is 142 Å². The third-order valence-corrected chi connectivity index (χ3v) is 3.34. The van der Waals surface area contributed by atoms with Gasteiger partial charge in [-0.3, -0.25) is 14.9 Å². The molecule has 0 fully saturated rings.